The number of alkyl halides is 3. The van der Waals surface area contributed by atoms with E-state index in [1.165, 1.54) is 33.5 Å². The van der Waals surface area contributed by atoms with E-state index in [1.807, 2.05) is 0 Å². The minimum absolute atomic E-state index is 0.0292. The summed E-state index contributed by atoms with van der Waals surface area (Å²) in [7, 11) is 4.10. The molecule has 0 radical (unpaired) electrons. The number of hydrogen-bond donors (Lipinski definition) is 1. The summed E-state index contributed by atoms with van der Waals surface area (Å²) in [5, 5.41) is 9.71. The zero-order chi connectivity index (χ0) is 18.1. The summed E-state index contributed by atoms with van der Waals surface area (Å²) in [6, 6.07) is 2.75. The third kappa shape index (κ3) is 3.08. The summed E-state index contributed by atoms with van der Waals surface area (Å²) in [4.78, 5) is 13.5. The van der Waals surface area contributed by atoms with E-state index in [1.54, 1.807) is 0 Å². The first-order valence-electron chi connectivity index (χ1n) is 7.05. The van der Waals surface area contributed by atoms with Gasteiger partial charge in [0.25, 0.3) is 5.91 Å². The van der Waals surface area contributed by atoms with E-state index < -0.39 is 30.7 Å². The average Bonchev–Trinajstić information content (AvgIpc) is 2.96. The fourth-order valence-electron chi connectivity index (χ4n) is 2.57. The fourth-order valence-corrected chi connectivity index (χ4v) is 2.57. The van der Waals surface area contributed by atoms with Crippen molar-refractivity contribution in [2.75, 3.05) is 34.4 Å². The first-order valence-corrected chi connectivity index (χ1v) is 7.05. The van der Waals surface area contributed by atoms with E-state index >= 15 is 0 Å². The highest BCUT2D eigenvalue weighted by Gasteiger charge is 2.58. The molecule has 24 heavy (non-hydrogen) atoms. The molecule has 9 heteroatoms. The van der Waals surface area contributed by atoms with Crippen molar-refractivity contribution in [2.45, 2.75) is 18.2 Å². The van der Waals surface area contributed by atoms with Crippen LogP contribution < -0.4 is 14.2 Å². The molecule has 0 aromatic heterocycles. The molecule has 0 bridgehead atoms. The summed E-state index contributed by atoms with van der Waals surface area (Å²) < 4.78 is 54.0. The number of halogens is 3. The van der Waals surface area contributed by atoms with Crippen LogP contribution in [0.5, 0.6) is 17.2 Å². The molecular formula is C15H18F3NO5. The molecule has 1 fully saturated rings. The molecule has 134 valence electrons. The van der Waals surface area contributed by atoms with E-state index in [0.717, 1.165) is 4.90 Å². The van der Waals surface area contributed by atoms with Crippen LogP contribution in [0.3, 0.4) is 0 Å². The molecule has 1 atom stereocenters. The van der Waals surface area contributed by atoms with E-state index in [-0.39, 0.29) is 23.6 Å². The molecule has 0 unspecified atom stereocenters. The Morgan fingerprint density at radius 1 is 1.12 bits per heavy atom. The lowest BCUT2D eigenvalue weighted by Gasteiger charge is -2.26. The Hall–Kier alpha value is -2.16. The van der Waals surface area contributed by atoms with Gasteiger partial charge in [0, 0.05) is 25.1 Å². The highest BCUT2D eigenvalue weighted by molar-refractivity contribution is 5.98. The number of carbonyl (C=O) groups is 1. The number of β-amino-alcohol motifs (C(OH)–C–C–N with tert-alkyl or cyclic N) is 1. The predicted octanol–water partition coefficient (Wildman–Crippen LogP) is 1.85. The van der Waals surface area contributed by atoms with Crippen LogP contribution in [0.1, 0.15) is 16.8 Å². The molecule has 1 saturated heterocycles. The molecular weight excluding hydrogens is 331 g/mol. The maximum absolute atomic E-state index is 12.9. The number of carbonyl (C=O) groups excluding carboxylic acids is 1. The van der Waals surface area contributed by atoms with Crippen LogP contribution in [0.2, 0.25) is 0 Å². The molecule has 6 nitrogen and oxygen atoms in total. The van der Waals surface area contributed by atoms with E-state index in [9.17, 15) is 23.1 Å². The van der Waals surface area contributed by atoms with Gasteiger partial charge in [0.15, 0.2) is 17.1 Å². The quantitative estimate of drug-likeness (QED) is 0.899. The van der Waals surface area contributed by atoms with Gasteiger partial charge in [0.05, 0.1) is 33.4 Å². The number of hydrogen-bond acceptors (Lipinski definition) is 5. The minimum atomic E-state index is -4.80. The van der Waals surface area contributed by atoms with Crippen LogP contribution in [0.4, 0.5) is 13.2 Å². The maximum atomic E-state index is 12.9. The summed E-state index contributed by atoms with van der Waals surface area (Å²) in [6.45, 7) is -1.04. The Kier molecular flexibility index (Phi) is 4.84. The molecule has 1 N–H and O–H groups in total. The monoisotopic (exact) mass is 349 g/mol. The molecule has 1 aromatic carbocycles. The Bertz CT molecular complexity index is 634. The summed E-state index contributed by atoms with van der Waals surface area (Å²) >= 11 is 0. The molecule has 1 aromatic rings. The summed E-state index contributed by atoms with van der Waals surface area (Å²) in [6.07, 6.45) is -5.37. The van der Waals surface area contributed by atoms with Crippen LogP contribution in [0.25, 0.3) is 0 Å². The third-order valence-electron chi connectivity index (χ3n) is 4.00. The topological polar surface area (TPSA) is 68.2 Å². The average molecular weight is 349 g/mol. The molecule has 0 saturated carbocycles. The smallest absolute Gasteiger partial charge is 0.419 e. The molecule has 0 spiro atoms. The van der Waals surface area contributed by atoms with Gasteiger partial charge < -0.3 is 24.2 Å². The van der Waals surface area contributed by atoms with Crippen LogP contribution >= 0.6 is 0 Å². The van der Waals surface area contributed by atoms with Gasteiger partial charge in [-0.05, 0) is 0 Å². The minimum Gasteiger partial charge on any atom is -0.496 e. The van der Waals surface area contributed by atoms with Gasteiger partial charge in [0.1, 0.15) is 5.75 Å². The fraction of sp³-hybridized carbons (Fsp3) is 0.533. The number of nitrogens with zero attached hydrogens (tertiary/aromatic N) is 1. The highest BCUT2D eigenvalue weighted by atomic mass is 19.4. The van der Waals surface area contributed by atoms with Crippen molar-refractivity contribution in [3.63, 3.8) is 0 Å². The summed E-state index contributed by atoms with van der Waals surface area (Å²) in [5.41, 5.74) is -2.87. The van der Waals surface area contributed by atoms with Gasteiger partial charge in [-0.15, -0.1) is 0 Å². The van der Waals surface area contributed by atoms with Crippen molar-refractivity contribution in [3.05, 3.63) is 17.7 Å². The largest absolute Gasteiger partial charge is 0.496 e. The van der Waals surface area contributed by atoms with Crippen molar-refractivity contribution in [2.24, 2.45) is 0 Å². The van der Waals surface area contributed by atoms with Crippen LogP contribution in [0, 0.1) is 0 Å². The SMILES string of the molecule is COc1cc(OC)c(C(=O)N2CC[C@@](O)(C(F)(F)F)C2)cc1OC. The Balaban J connectivity index is 2.34. The van der Waals surface area contributed by atoms with Crippen molar-refractivity contribution in [1.82, 2.24) is 4.90 Å². The lowest BCUT2D eigenvalue weighted by Crippen LogP contribution is -2.48. The Morgan fingerprint density at radius 2 is 1.67 bits per heavy atom. The number of aliphatic hydroxyl groups is 1. The normalized spacial score (nSPS) is 20.9. The van der Waals surface area contributed by atoms with Gasteiger partial charge in [-0.2, -0.15) is 13.2 Å². The van der Waals surface area contributed by atoms with Gasteiger partial charge >= 0.3 is 6.18 Å². The zero-order valence-electron chi connectivity index (χ0n) is 13.4. The second kappa shape index (κ2) is 6.39. The number of amides is 1. The lowest BCUT2D eigenvalue weighted by atomic mass is 10.0. The standard InChI is InChI=1S/C15H18F3NO5/c1-22-10-7-12(24-3)11(23-2)6-9(10)13(20)19-5-4-14(21,8-19)15(16,17)18/h6-7,21H,4-5,8H2,1-3H3/t14-/m0/s1. The second-order valence-electron chi connectivity index (χ2n) is 5.41. The third-order valence-corrected chi connectivity index (χ3v) is 4.00. The molecule has 1 aliphatic heterocycles. The van der Waals surface area contributed by atoms with Crippen LogP contribution in [-0.2, 0) is 0 Å². The predicted molar refractivity (Wildman–Crippen MR) is 77.6 cm³/mol. The molecule has 1 aliphatic rings. The molecule has 1 amide bonds. The second-order valence-corrected chi connectivity index (χ2v) is 5.41. The zero-order valence-corrected chi connectivity index (χ0v) is 13.4. The lowest BCUT2D eigenvalue weighted by molar-refractivity contribution is -0.253. The van der Waals surface area contributed by atoms with E-state index in [0.29, 0.717) is 5.75 Å². The number of benzene rings is 1. The maximum Gasteiger partial charge on any atom is 0.419 e. The van der Waals surface area contributed by atoms with Gasteiger partial charge in [0.2, 0.25) is 0 Å². The van der Waals surface area contributed by atoms with Crippen LogP contribution in [0.15, 0.2) is 12.1 Å². The Labute approximate surface area is 136 Å². The number of methoxy groups -OCH3 is 3. The molecule has 1 heterocycles. The number of rotatable bonds is 4. The van der Waals surface area contributed by atoms with Gasteiger partial charge in [-0.3, -0.25) is 4.79 Å². The number of likely N-dealkylation sites (tertiary alicyclic amines) is 1. The van der Waals surface area contributed by atoms with Gasteiger partial charge in [-0.25, -0.2) is 0 Å². The highest BCUT2D eigenvalue weighted by Crippen LogP contribution is 2.40. The van der Waals surface area contributed by atoms with Crippen molar-refractivity contribution in [1.29, 1.82) is 0 Å². The van der Waals surface area contributed by atoms with E-state index in [2.05, 4.69) is 0 Å². The first-order chi connectivity index (χ1) is 11.2. The molecule has 0 aliphatic carbocycles. The molecule has 2 rings (SSSR count). The first kappa shape index (κ1) is 18.2. The van der Waals surface area contributed by atoms with Crippen molar-refractivity contribution >= 4 is 5.91 Å². The van der Waals surface area contributed by atoms with E-state index in [4.69, 9.17) is 14.2 Å². The summed E-state index contributed by atoms with van der Waals surface area (Å²) in [5.74, 6) is 0.0131. The van der Waals surface area contributed by atoms with Crippen molar-refractivity contribution in [3.8, 4) is 17.2 Å². The number of ether oxygens (including phenoxy) is 3. The van der Waals surface area contributed by atoms with Crippen LogP contribution in [-0.4, -0.2) is 62.1 Å². The van der Waals surface area contributed by atoms with Crippen molar-refractivity contribution < 1.29 is 37.3 Å². The Morgan fingerprint density at radius 3 is 2.12 bits per heavy atom. The van der Waals surface area contributed by atoms with Gasteiger partial charge in [-0.1, -0.05) is 0 Å².